The largest absolute Gasteiger partial charge is 0.506 e. The van der Waals surface area contributed by atoms with Crippen molar-refractivity contribution in [3.05, 3.63) is 23.1 Å². The lowest BCUT2D eigenvalue weighted by Gasteiger charge is -1.95. The van der Waals surface area contributed by atoms with Crippen LogP contribution < -0.4 is 5.73 Å². The number of nitroso groups, excluding NO2 is 1. The van der Waals surface area contributed by atoms with E-state index in [9.17, 15) is 4.91 Å². The van der Waals surface area contributed by atoms with Crippen LogP contribution in [0.2, 0.25) is 0 Å². The average Bonchev–Trinajstić information content (AvgIpc) is 1.95. The van der Waals surface area contributed by atoms with E-state index in [1.165, 1.54) is 18.2 Å². The molecule has 0 fully saturated rings. The molecule has 1 aromatic rings. The van der Waals surface area contributed by atoms with Gasteiger partial charge in [0.1, 0.15) is 11.4 Å². The van der Waals surface area contributed by atoms with Crippen LogP contribution in [0.1, 0.15) is 0 Å². The summed E-state index contributed by atoms with van der Waals surface area (Å²) < 4.78 is 0. The van der Waals surface area contributed by atoms with E-state index in [0.29, 0.717) is 0 Å². The molecule has 0 spiro atoms. The highest BCUT2D eigenvalue weighted by molar-refractivity contribution is 5.58. The van der Waals surface area contributed by atoms with Gasteiger partial charge in [-0.1, -0.05) is 0 Å². The van der Waals surface area contributed by atoms with Crippen molar-refractivity contribution in [3.63, 3.8) is 0 Å². The summed E-state index contributed by atoms with van der Waals surface area (Å²) in [4.78, 5) is 9.87. The molecule has 10 heavy (non-hydrogen) atoms. The molecule has 1 rings (SSSR count). The van der Waals surface area contributed by atoms with Gasteiger partial charge in [0.25, 0.3) is 0 Å². The fourth-order valence-electron chi connectivity index (χ4n) is 0.589. The summed E-state index contributed by atoms with van der Waals surface area (Å²) in [6, 6.07) is 4.07. The molecule has 0 aliphatic rings. The van der Waals surface area contributed by atoms with Gasteiger partial charge in [-0.25, -0.2) is 0 Å². The maximum Gasteiger partial charge on any atom is 0.140 e. The molecular weight excluding hydrogens is 132 g/mol. The Kier molecular flexibility index (Phi) is 1.53. The summed E-state index contributed by atoms with van der Waals surface area (Å²) in [5, 5.41) is 11.5. The normalized spacial score (nSPS) is 9.20. The number of phenolic OH excluding ortho intramolecular Hbond substituents is 1. The predicted molar refractivity (Wildman–Crippen MR) is 38.0 cm³/mol. The van der Waals surface area contributed by atoms with Gasteiger partial charge in [0.15, 0.2) is 0 Å². The highest BCUT2D eigenvalue weighted by atomic mass is 16.3. The number of benzene rings is 1. The number of phenols is 1. The molecule has 0 aromatic heterocycles. The Labute approximate surface area is 57.3 Å². The minimum atomic E-state index is -0.114. The summed E-state index contributed by atoms with van der Waals surface area (Å²) in [5.74, 6) is -0.114. The van der Waals surface area contributed by atoms with Gasteiger partial charge in [0.2, 0.25) is 0 Å². The summed E-state index contributed by atoms with van der Waals surface area (Å²) in [7, 11) is 0. The number of nitrogen functional groups attached to an aromatic ring is 1. The van der Waals surface area contributed by atoms with Crippen LogP contribution in [0.25, 0.3) is 0 Å². The topological polar surface area (TPSA) is 75.7 Å². The summed E-state index contributed by atoms with van der Waals surface area (Å²) in [5.41, 5.74) is 5.67. The first-order valence-corrected chi connectivity index (χ1v) is 2.66. The summed E-state index contributed by atoms with van der Waals surface area (Å²) >= 11 is 0. The number of hydrogen-bond donors (Lipinski definition) is 2. The SMILES string of the molecule is Nc1ccc(N=O)cc1O. The number of nitrogens with two attached hydrogens (primary N) is 1. The number of aromatic hydroxyl groups is 1. The second-order valence-electron chi connectivity index (χ2n) is 1.83. The Balaban J connectivity index is 3.16. The molecule has 0 unspecified atom stereocenters. The Morgan fingerprint density at radius 1 is 1.50 bits per heavy atom. The molecular formula is C6H6N2O2. The van der Waals surface area contributed by atoms with Crippen LogP contribution in [0.15, 0.2) is 23.4 Å². The smallest absolute Gasteiger partial charge is 0.140 e. The van der Waals surface area contributed by atoms with Gasteiger partial charge in [-0.2, -0.15) is 0 Å². The zero-order chi connectivity index (χ0) is 7.56. The lowest BCUT2D eigenvalue weighted by molar-refractivity contribution is 0.478. The van der Waals surface area contributed by atoms with Crippen LogP contribution in [0.5, 0.6) is 5.75 Å². The quantitative estimate of drug-likeness (QED) is 0.349. The second kappa shape index (κ2) is 2.34. The van der Waals surface area contributed by atoms with Crippen molar-refractivity contribution < 1.29 is 5.11 Å². The van der Waals surface area contributed by atoms with Crippen LogP contribution in [0.4, 0.5) is 11.4 Å². The Morgan fingerprint density at radius 2 is 2.20 bits per heavy atom. The minimum absolute atomic E-state index is 0.114. The van der Waals surface area contributed by atoms with E-state index in [2.05, 4.69) is 5.18 Å². The fourth-order valence-corrected chi connectivity index (χ4v) is 0.589. The van der Waals surface area contributed by atoms with Crippen LogP contribution in [0, 0.1) is 4.91 Å². The molecule has 52 valence electrons. The minimum Gasteiger partial charge on any atom is -0.506 e. The van der Waals surface area contributed by atoms with Crippen LogP contribution >= 0.6 is 0 Å². The highest BCUT2D eigenvalue weighted by Gasteiger charge is 1.96. The molecule has 0 atom stereocenters. The molecule has 3 N–H and O–H groups in total. The molecule has 4 nitrogen and oxygen atoms in total. The van der Waals surface area contributed by atoms with E-state index in [0.717, 1.165) is 0 Å². The Bertz CT molecular complexity index is 260. The van der Waals surface area contributed by atoms with Gasteiger partial charge in [0, 0.05) is 6.07 Å². The van der Waals surface area contributed by atoms with Gasteiger partial charge in [-0.15, -0.1) is 4.91 Å². The molecule has 0 amide bonds. The van der Waals surface area contributed by atoms with Gasteiger partial charge >= 0.3 is 0 Å². The van der Waals surface area contributed by atoms with Gasteiger partial charge in [-0.3, -0.25) is 0 Å². The van der Waals surface area contributed by atoms with E-state index in [1.807, 2.05) is 0 Å². The molecule has 0 heterocycles. The first kappa shape index (κ1) is 6.54. The van der Waals surface area contributed by atoms with Crippen molar-refractivity contribution in [1.29, 1.82) is 0 Å². The van der Waals surface area contributed by atoms with Crippen LogP contribution in [-0.4, -0.2) is 5.11 Å². The Morgan fingerprint density at radius 3 is 2.70 bits per heavy atom. The van der Waals surface area contributed by atoms with Crippen molar-refractivity contribution in [2.24, 2.45) is 5.18 Å². The monoisotopic (exact) mass is 138 g/mol. The standard InChI is InChI=1S/C6H6N2O2/c7-5-2-1-4(8-10)3-6(5)9/h1-3,9H,7H2. The van der Waals surface area contributed by atoms with E-state index in [-0.39, 0.29) is 17.1 Å². The molecule has 0 aliphatic carbocycles. The lowest BCUT2D eigenvalue weighted by atomic mass is 10.3. The van der Waals surface area contributed by atoms with E-state index in [1.54, 1.807) is 0 Å². The molecule has 0 aliphatic heterocycles. The lowest BCUT2D eigenvalue weighted by Crippen LogP contribution is -1.83. The predicted octanol–water partition coefficient (Wildman–Crippen LogP) is 1.37. The van der Waals surface area contributed by atoms with Crippen LogP contribution in [0.3, 0.4) is 0 Å². The fraction of sp³-hybridized carbons (Fsp3) is 0. The Hall–Kier alpha value is -1.58. The van der Waals surface area contributed by atoms with E-state index >= 15 is 0 Å². The maximum atomic E-state index is 9.87. The van der Waals surface area contributed by atoms with Crippen molar-refractivity contribution >= 4 is 11.4 Å². The molecule has 0 bridgehead atoms. The second-order valence-corrected chi connectivity index (χ2v) is 1.83. The number of rotatable bonds is 1. The first-order chi connectivity index (χ1) is 4.74. The summed E-state index contributed by atoms with van der Waals surface area (Å²) in [6.07, 6.45) is 0. The van der Waals surface area contributed by atoms with E-state index < -0.39 is 0 Å². The number of anilines is 1. The first-order valence-electron chi connectivity index (χ1n) is 2.66. The van der Waals surface area contributed by atoms with Crippen molar-refractivity contribution in [1.82, 2.24) is 0 Å². The number of hydrogen-bond acceptors (Lipinski definition) is 4. The average molecular weight is 138 g/mol. The third kappa shape index (κ3) is 1.05. The molecule has 0 saturated carbocycles. The molecule has 4 heteroatoms. The zero-order valence-corrected chi connectivity index (χ0v) is 5.11. The van der Waals surface area contributed by atoms with Gasteiger partial charge in [-0.05, 0) is 17.3 Å². The van der Waals surface area contributed by atoms with Crippen LogP contribution in [-0.2, 0) is 0 Å². The molecule has 1 aromatic carbocycles. The highest BCUT2D eigenvalue weighted by Crippen LogP contribution is 2.24. The van der Waals surface area contributed by atoms with Crippen molar-refractivity contribution in [2.45, 2.75) is 0 Å². The van der Waals surface area contributed by atoms with Crippen molar-refractivity contribution in [3.8, 4) is 5.75 Å². The van der Waals surface area contributed by atoms with Crippen molar-refractivity contribution in [2.75, 3.05) is 5.73 Å². The van der Waals surface area contributed by atoms with Gasteiger partial charge in [0.05, 0.1) is 5.69 Å². The third-order valence-electron chi connectivity index (χ3n) is 1.12. The zero-order valence-electron chi connectivity index (χ0n) is 5.11. The third-order valence-corrected chi connectivity index (χ3v) is 1.12. The van der Waals surface area contributed by atoms with Gasteiger partial charge < -0.3 is 10.8 Å². The number of nitrogens with zero attached hydrogens (tertiary/aromatic N) is 1. The maximum absolute atomic E-state index is 9.87. The molecule has 0 saturated heterocycles. The van der Waals surface area contributed by atoms with E-state index in [4.69, 9.17) is 10.8 Å². The summed E-state index contributed by atoms with van der Waals surface area (Å²) in [6.45, 7) is 0. The molecule has 0 radical (unpaired) electrons.